The van der Waals surface area contributed by atoms with Crippen molar-refractivity contribution >= 4 is 15.9 Å². The molecule has 0 aromatic heterocycles. The lowest BCUT2D eigenvalue weighted by molar-refractivity contribution is 0.409. The molecule has 3 nitrogen and oxygen atoms in total. The Labute approximate surface area is 128 Å². The number of nitrogens with one attached hydrogen (secondary N) is 1. The zero-order valence-corrected chi connectivity index (χ0v) is 13.2. The molecule has 0 bridgehead atoms. The standard InChI is InChI=1S/C16H18BrNO2/c1-3-18-11-12-7-8-15(10-16(12)17)20-14-6-4-5-13(9-14)19-2/h4-10,18H,3,11H2,1-2H3. The highest BCUT2D eigenvalue weighted by molar-refractivity contribution is 9.10. The molecule has 0 atom stereocenters. The fourth-order valence-electron chi connectivity index (χ4n) is 1.80. The first kappa shape index (κ1) is 14.9. The number of benzene rings is 2. The Morgan fingerprint density at radius 2 is 1.80 bits per heavy atom. The van der Waals surface area contributed by atoms with Gasteiger partial charge in [-0.2, -0.15) is 0 Å². The van der Waals surface area contributed by atoms with Gasteiger partial charge in [0.05, 0.1) is 7.11 Å². The normalized spacial score (nSPS) is 10.3. The molecule has 0 saturated heterocycles. The molecule has 0 saturated carbocycles. The van der Waals surface area contributed by atoms with E-state index in [1.54, 1.807) is 7.11 Å². The number of hydrogen-bond donors (Lipinski definition) is 1. The second-order valence-corrected chi connectivity index (χ2v) is 5.17. The van der Waals surface area contributed by atoms with Crippen molar-refractivity contribution in [3.05, 3.63) is 52.5 Å². The van der Waals surface area contributed by atoms with Gasteiger partial charge in [-0.05, 0) is 36.4 Å². The number of halogens is 1. The van der Waals surface area contributed by atoms with E-state index in [2.05, 4.69) is 34.2 Å². The van der Waals surface area contributed by atoms with Crippen LogP contribution in [0.25, 0.3) is 0 Å². The van der Waals surface area contributed by atoms with Crippen molar-refractivity contribution in [2.75, 3.05) is 13.7 Å². The van der Waals surface area contributed by atoms with Gasteiger partial charge >= 0.3 is 0 Å². The molecule has 0 aliphatic heterocycles. The summed E-state index contributed by atoms with van der Waals surface area (Å²) in [5.74, 6) is 2.34. The maximum absolute atomic E-state index is 5.83. The molecule has 0 spiro atoms. The second kappa shape index (κ2) is 7.31. The van der Waals surface area contributed by atoms with Crippen molar-refractivity contribution in [2.45, 2.75) is 13.5 Å². The molecule has 0 heterocycles. The summed E-state index contributed by atoms with van der Waals surface area (Å²) in [7, 11) is 1.64. The van der Waals surface area contributed by atoms with Crippen LogP contribution in [-0.4, -0.2) is 13.7 Å². The van der Waals surface area contributed by atoms with Crippen LogP contribution in [0.1, 0.15) is 12.5 Å². The van der Waals surface area contributed by atoms with Crippen LogP contribution >= 0.6 is 15.9 Å². The summed E-state index contributed by atoms with van der Waals surface area (Å²) in [6.07, 6.45) is 0. The SMILES string of the molecule is CCNCc1ccc(Oc2cccc(OC)c2)cc1Br. The van der Waals surface area contributed by atoms with Gasteiger partial charge in [0.15, 0.2) is 0 Å². The van der Waals surface area contributed by atoms with E-state index in [4.69, 9.17) is 9.47 Å². The molecule has 4 heteroatoms. The van der Waals surface area contributed by atoms with Crippen LogP contribution in [0.15, 0.2) is 46.9 Å². The lowest BCUT2D eigenvalue weighted by Gasteiger charge is -2.10. The van der Waals surface area contributed by atoms with E-state index < -0.39 is 0 Å². The van der Waals surface area contributed by atoms with E-state index in [0.29, 0.717) is 0 Å². The zero-order valence-electron chi connectivity index (χ0n) is 11.7. The highest BCUT2D eigenvalue weighted by Crippen LogP contribution is 2.28. The first-order valence-electron chi connectivity index (χ1n) is 6.54. The first-order chi connectivity index (χ1) is 9.72. The Morgan fingerprint density at radius 1 is 1.05 bits per heavy atom. The average molecular weight is 336 g/mol. The van der Waals surface area contributed by atoms with Crippen LogP contribution in [0.5, 0.6) is 17.2 Å². The third-order valence-corrected chi connectivity index (χ3v) is 3.61. The van der Waals surface area contributed by atoms with Crippen molar-refractivity contribution in [3.8, 4) is 17.2 Å². The molecule has 20 heavy (non-hydrogen) atoms. The maximum atomic E-state index is 5.83. The van der Waals surface area contributed by atoms with Gasteiger partial charge in [-0.1, -0.05) is 35.0 Å². The minimum absolute atomic E-state index is 0.760. The quantitative estimate of drug-likeness (QED) is 0.850. The summed E-state index contributed by atoms with van der Waals surface area (Å²) in [4.78, 5) is 0. The van der Waals surface area contributed by atoms with Gasteiger partial charge in [-0.25, -0.2) is 0 Å². The number of rotatable bonds is 6. The van der Waals surface area contributed by atoms with Crippen molar-refractivity contribution in [1.29, 1.82) is 0 Å². The van der Waals surface area contributed by atoms with E-state index in [1.807, 2.05) is 36.4 Å². The lowest BCUT2D eigenvalue weighted by atomic mass is 10.2. The molecular formula is C16H18BrNO2. The molecule has 2 aromatic carbocycles. The van der Waals surface area contributed by atoms with Crippen molar-refractivity contribution < 1.29 is 9.47 Å². The van der Waals surface area contributed by atoms with Crippen LogP contribution in [-0.2, 0) is 6.54 Å². The molecule has 1 N–H and O–H groups in total. The molecule has 2 rings (SSSR count). The van der Waals surface area contributed by atoms with E-state index in [-0.39, 0.29) is 0 Å². The summed E-state index contributed by atoms with van der Waals surface area (Å²) < 4.78 is 12.1. The molecule has 0 radical (unpaired) electrons. The van der Waals surface area contributed by atoms with Crippen LogP contribution in [0.3, 0.4) is 0 Å². The van der Waals surface area contributed by atoms with Crippen molar-refractivity contribution in [2.24, 2.45) is 0 Å². The third kappa shape index (κ3) is 3.99. The minimum atomic E-state index is 0.760. The summed E-state index contributed by atoms with van der Waals surface area (Å²) in [6.45, 7) is 3.89. The monoisotopic (exact) mass is 335 g/mol. The Balaban J connectivity index is 2.11. The largest absolute Gasteiger partial charge is 0.497 e. The Hall–Kier alpha value is -1.52. The molecule has 0 fully saturated rings. The zero-order chi connectivity index (χ0) is 14.4. The smallest absolute Gasteiger partial charge is 0.131 e. The predicted octanol–water partition coefficient (Wildman–Crippen LogP) is 4.36. The summed E-state index contributed by atoms with van der Waals surface area (Å²) in [5.41, 5.74) is 1.21. The number of hydrogen-bond acceptors (Lipinski definition) is 3. The fourth-order valence-corrected chi connectivity index (χ4v) is 2.29. The summed E-state index contributed by atoms with van der Waals surface area (Å²) in [5, 5.41) is 3.30. The number of methoxy groups -OCH3 is 1. The van der Waals surface area contributed by atoms with E-state index in [1.165, 1.54) is 5.56 Å². The van der Waals surface area contributed by atoms with Gasteiger partial charge in [0.2, 0.25) is 0 Å². The van der Waals surface area contributed by atoms with E-state index in [0.717, 1.165) is 34.8 Å². The molecule has 0 aliphatic rings. The fraction of sp³-hybridized carbons (Fsp3) is 0.250. The topological polar surface area (TPSA) is 30.5 Å². The molecule has 106 valence electrons. The first-order valence-corrected chi connectivity index (χ1v) is 7.33. The maximum Gasteiger partial charge on any atom is 0.131 e. The highest BCUT2D eigenvalue weighted by Gasteiger charge is 2.04. The Morgan fingerprint density at radius 3 is 2.50 bits per heavy atom. The Kier molecular flexibility index (Phi) is 5.44. The highest BCUT2D eigenvalue weighted by atomic mass is 79.9. The third-order valence-electron chi connectivity index (χ3n) is 2.87. The lowest BCUT2D eigenvalue weighted by Crippen LogP contribution is -2.11. The van der Waals surface area contributed by atoms with Gasteiger partial charge in [0.1, 0.15) is 17.2 Å². The van der Waals surface area contributed by atoms with Gasteiger partial charge in [0.25, 0.3) is 0 Å². The summed E-state index contributed by atoms with van der Waals surface area (Å²) in [6, 6.07) is 13.6. The van der Waals surface area contributed by atoms with Crippen LogP contribution in [0.4, 0.5) is 0 Å². The van der Waals surface area contributed by atoms with E-state index in [9.17, 15) is 0 Å². The van der Waals surface area contributed by atoms with Crippen LogP contribution in [0, 0.1) is 0 Å². The van der Waals surface area contributed by atoms with Crippen LogP contribution < -0.4 is 14.8 Å². The second-order valence-electron chi connectivity index (χ2n) is 4.31. The average Bonchev–Trinajstić information content (AvgIpc) is 2.47. The molecular weight excluding hydrogens is 318 g/mol. The van der Waals surface area contributed by atoms with Crippen molar-refractivity contribution in [3.63, 3.8) is 0 Å². The minimum Gasteiger partial charge on any atom is -0.497 e. The van der Waals surface area contributed by atoms with Gasteiger partial charge in [-0.3, -0.25) is 0 Å². The molecule has 0 amide bonds. The van der Waals surface area contributed by atoms with E-state index >= 15 is 0 Å². The number of ether oxygens (including phenoxy) is 2. The predicted molar refractivity (Wildman–Crippen MR) is 84.6 cm³/mol. The van der Waals surface area contributed by atoms with Gasteiger partial charge < -0.3 is 14.8 Å². The van der Waals surface area contributed by atoms with Crippen molar-refractivity contribution in [1.82, 2.24) is 5.32 Å². The van der Waals surface area contributed by atoms with Gasteiger partial charge in [0, 0.05) is 17.1 Å². The molecule has 0 unspecified atom stereocenters. The van der Waals surface area contributed by atoms with Crippen LogP contribution in [0.2, 0.25) is 0 Å². The van der Waals surface area contributed by atoms with Gasteiger partial charge in [-0.15, -0.1) is 0 Å². The summed E-state index contributed by atoms with van der Waals surface area (Å²) >= 11 is 3.57. The molecule has 0 aliphatic carbocycles. The Bertz CT molecular complexity index is 572. The molecule has 2 aromatic rings.